The highest BCUT2D eigenvalue weighted by molar-refractivity contribution is 7.99. The van der Waals surface area contributed by atoms with Gasteiger partial charge in [-0.05, 0) is 12.1 Å². The molecule has 144 valence electrons. The summed E-state index contributed by atoms with van der Waals surface area (Å²) in [6, 6.07) is 20.1. The Kier molecular flexibility index (Phi) is 7.75. The molecule has 1 N–H and O–H groups in total. The van der Waals surface area contributed by atoms with Crippen molar-refractivity contribution in [3.05, 3.63) is 73.3 Å². The van der Waals surface area contributed by atoms with Gasteiger partial charge in [0.2, 0.25) is 5.91 Å². The van der Waals surface area contributed by atoms with E-state index in [1.54, 1.807) is 17.8 Å². The van der Waals surface area contributed by atoms with Gasteiger partial charge >= 0.3 is 0 Å². The molecule has 5 nitrogen and oxygen atoms in total. The highest BCUT2D eigenvalue weighted by Gasteiger charge is 2.14. The van der Waals surface area contributed by atoms with Gasteiger partial charge in [-0.15, -0.1) is 28.5 Å². The van der Waals surface area contributed by atoms with E-state index in [0.29, 0.717) is 24.0 Å². The summed E-state index contributed by atoms with van der Waals surface area (Å²) in [5.41, 5.74) is 0.992. The van der Waals surface area contributed by atoms with Crippen molar-refractivity contribution in [1.82, 2.24) is 20.1 Å². The molecule has 0 spiro atoms. The van der Waals surface area contributed by atoms with Crippen molar-refractivity contribution in [2.75, 3.05) is 18.1 Å². The number of allylic oxidation sites excluding steroid dienone is 1. The molecular weight excluding hydrogens is 388 g/mol. The summed E-state index contributed by atoms with van der Waals surface area (Å²) in [7, 11) is 0. The van der Waals surface area contributed by atoms with E-state index in [2.05, 4.69) is 34.2 Å². The number of hydrogen-bond acceptors (Lipinski definition) is 5. The van der Waals surface area contributed by atoms with Gasteiger partial charge in [-0.25, -0.2) is 0 Å². The van der Waals surface area contributed by atoms with Crippen LogP contribution in [-0.4, -0.2) is 38.7 Å². The molecule has 1 amide bonds. The molecule has 0 bridgehead atoms. The highest BCUT2D eigenvalue weighted by atomic mass is 32.2. The molecule has 0 aliphatic carbocycles. The van der Waals surface area contributed by atoms with Crippen LogP contribution in [0.2, 0.25) is 0 Å². The van der Waals surface area contributed by atoms with Crippen molar-refractivity contribution in [2.45, 2.75) is 16.6 Å². The Morgan fingerprint density at radius 3 is 2.46 bits per heavy atom. The van der Waals surface area contributed by atoms with Crippen LogP contribution in [0.15, 0.2) is 83.4 Å². The lowest BCUT2D eigenvalue weighted by molar-refractivity contribution is -0.118. The van der Waals surface area contributed by atoms with E-state index in [1.165, 1.54) is 16.7 Å². The third-order valence-corrected chi connectivity index (χ3v) is 5.81. The maximum Gasteiger partial charge on any atom is 0.230 e. The molecule has 0 unspecified atom stereocenters. The molecule has 3 aromatic rings. The molecule has 1 heterocycles. The van der Waals surface area contributed by atoms with Crippen molar-refractivity contribution in [3.8, 4) is 11.4 Å². The number of hydrogen-bond donors (Lipinski definition) is 1. The Hall–Kier alpha value is -2.51. The smallest absolute Gasteiger partial charge is 0.230 e. The van der Waals surface area contributed by atoms with Crippen LogP contribution in [0, 0.1) is 0 Å². The van der Waals surface area contributed by atoms with E-state index >= 15 is 0 Å². The van der Waals surface area contributed by atoms with Crippen LogP contribution in [0.25, 0.3) is 11.4 Å². The van der Waals surface area contributed by atoms with Gasteiger partial charge in [0, 0.05) is 29.3 Å². The zero-order valence-corrected chi connectivity index (χ0v) is 17.1. The number of nitrogens with zero attached hydrogens (tertiary/aromatic N) is 3. The van der Waals surface area contributed by atoms with E-state index in [9.17, 15) is 4.79 Å². The largest absolute Gasteiger partial charge is 0.355 e. The first-order valence-electron chi connectivity index (χ1n) is 8.95. The zero-order chi connectivity index (χ0) is 19.6. The maximum atomic E-state index is 12.2. The Morgan fingerprint density at radius 2 is 1.75 bits per heavy atom. The SMILES string of the molecule is C=CCn1c(SCC(=O)NCCSc2ccccc2)nnc1-c1ccccc1. The van der Waals surface area contributed by atoms with Crippen LogP contribution in [0.1, 0.15) is 0 Å². The summed E-state index contributed by atoms with van der Waals surface area (Å²) < 4.78 is 1.98. The van der Waals surface area contributed by atoms with E-state index in [1.807, 2.05) is 53.1 Å². The van der Waals surface area contributed by atoms with Crippen LogP contribution in [0.4, 0.5) is 0 Å². The second kappa shape index (κ2) is 10.7. The van der Waals surface area contributed by atoms with Gasteiger partial charge in [0.05, 0.1) is 5.75 Å². The number of aromatic nitrogens is 3. The monoisotopic (exact) mass is 410 g/mol. The fraction of sp³-hybridized carbons (Fsp3) is 0.190. The predicted molar refractivity (Wildman–Crippen MR) is 117 cm³/mol. The Morgan fingerprint density at radius 1 is 1.04 bits per heavy atom. The number of carbonyl (C=O) groups is 1. The molecule has 0 saturated carbocycles. The zero-order valence-electron chi connectivity index (χ0n) is 15.5. The lowest BCUT2D eigenvalue weighted by Gasteiger charge is -2.08. The summed E-state index contributed by atoms with van der Waals surface area (Å²) in [5.74, 6) is 1.92. The number of benzene rings is 2. The van der Waals surface area contributed by atoms with E-state index in [-0.39, 0.29) is 5.91 Å². The average molecular weight is 411 g/mol. The van der Waals surface area contributed by atoms with Crippen LogP contribution in [0.3, 0.4) is 0 Å². The lowest BCUT2D eigenvalue weighted by atomic mass is 10.2. The minimum atomic E-state index is -0.00641. The standard InChI is InChI=1S/C21H22N4OS2/c1-2-14-25-20(17-9-5-3-6-10-17)23-24-21(25)28-16-19(26)22-13-15-27-18-11-7-4-8-12-18/h2-12H,1,13-16H2,(H,22,26). The molecule has 0 fully saturated rings. The Bertz CT molecular complexity index is 897. The van der Waals surface area contributed by atoms with Crippen LogP contribution in [0.5, 0.6) is 0 Å². The minimum Gasteiger partial charge on any atom is -0.355 e. The Balaban J connectivity index is 1.50. The van der Waals surface area contributed by atoms with Gasteiger partial charge in [0.25, 0.3) is 0 Å². The van der Waals surface area contributed by atoms with Crippen molar-refractivity contribution < 1.29 is 4.79 Å². The van der Waals surface area contributed by atoms with Crippen LogP contribution in [-0.2, 0) is 11.3 Å². The maximum absolute atomic E-state index is 12.2. The molecule has 0 aliphatic rings. The first-order chi connectivity index (χ1) is 13.8. The third kappa shape index (κ3) is 5.74. The number of rotatable bonds is 10. The summed E-state index contributed by atoms with van der Waals surface area (Å²) in [6.07, 6.45) is 1.81. The first kappa shape index (κ1) is 20.2. The first-order valence-corrected chi connectivity index (χ1v) is 10.9. The Labute approximate surface area is 173 Å². The average Bonchev–Trinajstić information content (AvgIpc) is 3.14. The molecule has 7 heteroatoms. The molecule has 0 atom stereocenters. The van der Waals surface area contributed by atoms with Crippen molar-refractivity contribution in [3.63, 3.8) is 0 Å². The molecule has 0 aliphatic heterocycles. The van der Waals surface area contributed by atoms with Gasteiger partial charge in [-0.2, -0.15) is 0 Å². The summed E-state index contributed by atoms with van der Waals surface area (Å²) in [5, 5.41) is 12.2. The van der Waals surface area contributed by atoms with Crippen molar-refractivity contribution >= 4 is 29.4 Å². The topological polar surface area (TPSA) is 59.8 Å². The summed E-state index contributed by atoms with van der Waals surface area (Å²) in [4.78, 5) is 13.4. The second-order valence-electron chi connectivity index (χ2n) is 5.87. The number of thioether (sulfide) groups is 2. The van der Waals surface area contributed by atoms with E-state index in [4.69, 9.17) is 0 Å². The fourth-order valence-corrected chi connectivity index (χ4v) is 4.11. The number of nitrogens with one attached hydrogen (secondary N) is 1. The van der Waals surface area contributed by atoms with Crippen LogP contribution >= 0.6 is 23.5 Å². The summed E-state index contributed by atoms with van der Waals surface area (Å²) >= 11 is 3.12. The fourth-order valence-electron chi connectivity index (χ4n) is 2.55. The number of amides is 1. The normalized spacial score (nSPS) is 10.6. The molecule has 0 radical (unpaired) electrons. The third-order valence-electron chi connectivity index (χ3n) is 3.83. The lowest BCUT2D eigenvalue weighted by Crippen LogP contribution is -2.27. The molecule has 3 rings (SSSR count). The minimum absolute atomic E-state index is 0.00641. The van der Waals surface area contributed by atoms with Crippen molar-refractivity contribution in [1.29, 1.82) is 0 Å². The molecule has 2 aromatic carbocycles. The molecule has 1 aromatic heterocycles. The second-order valence-corrected chi connectivity index (χ2v) is 7.98. The van der Waals surface area contributed by atoms with Crippen molar-refractivity contribution in [2.24, 2.45) is 0 Å². The van der Waals surface area contributed by atoms with Gasteiger partial charge in [0.15, 0.2) is 11.0 Å². The summed E-state index contributed by atoms with van der Waals surface area (Å²) in [6.45, 7) is 5.04. The van der Waals surface area contributed by atoms with E-state index in [0.717, 1.165) is 17.1 Å². The van der Waals surface area contributed by atoms with Gasteiger partial charge < -0.3 is 5.32 Å². The molecular formula is C21H22N4OS2. The highest BCUT2D eigenvalue weighted by Crippen LogP contribution is 2.23. The quantitative estimate of drug-likeness (QED) is 0.309. The molecule has 28 heavy (non-hydrogen) atoms. The number of carbonyl (C=O) groups excluding carboxylic acids is 1. The van der Waals surface area contributed by atoms with Gasteiger partial charge in [0.1, 0.15) is 0 Å². The van der Waals surface area contributed by atoms with Crippen LogP contribution < -0.4 is 5.32 Å². The molecule has 0 saturated heterocycles. The predicted octanol–water partition coefficient (Wildman–Crippen LogP) is 4.13. The van der Waals surface area contributed by atoms with Gasteiger partial charge in [-0.1, -0.05) is 66.4 Å². The van der Waals surface area contributed by atoms with E-state index < -0.39 is 0 Å². The van der Waals surface area contributed by atoms with Gasteiger partial charge in [-0.3, -0.25) is 9.36 Å².